The van der Waals surface area contributed by atoms with E-state index in [1.807, 2.05) is 0 Å². The van der Waals surface area contributed by atoms with E-state index < -0.39 is 20.1 Å². The average Bonchev–Trinajstić information content (AvgIpc) is 2.46. The van der Waals surface area contributed by atoms with Crippen molar-refractivity contribution in [1.29, 1.82) is 0 Å². The molecular weight excluding hydrogens is 308 g/mol. The molecule has 0 unspecified atom stereocenters. The van der Waals surface area contributed by atoms with E-state index >= 15 is 0 Å². The van der Waals surface area contributed by atoms with Crippen molar-refractivity contribution in [3.63, 3.8) is 0 Å². The fourth-order valence-electron chi connectivity index (χ4n) is 4.31. The second-order valence-corrected chi connectivity index (χ2v) is 12.8. The normalized spacial score (nSPS) is 25.3. The molecule has 0 amide bonds. The van der Waals surface area contributed by atoms with Crippen molar-refractivity contribution in [3.8, 4) is 0 Å². The monoisotopic (exact) mass is 338 g/mol. The molecule has 0 aliphatic heterocycles. The fraction of sp³-hybridized carbons (Fsp3) is 1.00. The third kappa shape index (κ3) is 3.83. The van der Waals surface area contributed by atoms with Gasteiger partial charge in [-0.05, 0) is 40.5 Å². The molecule has 0 spiro atoms. The molecule has 2 atom stereocenters. The van der Waals surface area contributed by atoms with Gasteiger partial charge in [-0.3, -0.25) is 0 Å². The highest BCUT2D eigenvalue weighted by atomic mass is 28.4. The van der Waals surface area contributed by atoms with Crippen molar-refractivity contribution in [1.82, 2.24) is 0 Å². The lowest BCUT2D eigenvalue weighted by molar-refractivity contribution is 0.00116. The van der Waals surface area contributed by atoms with Crippen LogP contribution < -0.4 is 0 Å². The summed E-state index contributed by atoms with van der Waals surface area (Å²) in [5.74, 6) is 0. The highest BCUT2D eigenvalue weighted by Crippen LogP contribution is 2.48. The Labute approximate surface area is 140 Å². The summed E-state index contributed by atoms with van der Waals surface area (Å²) in [7, 11) is -2.24. The quantitative estimate of drug-likeness (QED) is 0.226. The first kappa shape index (κ1) is 19.8. The van der Waals surface area contributed by atoms with E-state index in [-0.39, 0.29) is 0 Å². The van der Waals surface area contributed by atoms with Gasteiger partial charge in [-0.25, -0.2) is 0 Å². The molecule has 0 aromatic heterocycles. The summed E-state index contributed by atoms with van der Waals surface area (Å²) >= 11 is 0. The molecule has 0 N–H and O–H groups in total. The summed E-state index contributed by atoms with van der Waals surface area (Å²) in [5, 5.41) is 8.01. The van der Waals surface area contributed by atoms with Crippen molar-refractivity contribution in [2.75, 3.05) is 0 Å². The molecule has 0 heterocycles. The molecule has 0 aromatic rings. The number of rotatable bonds is 7. The van der Waals surface area contributed by atoms with E-state index in [0.717, 1.165) is 12.8 Å². The molecule has 1 aliphatic carbocycles. The maximum Gasteiger partial charge on any atom is 0.201 e. The van der Waals surface area contributed by atoms with Gasteiger partial charge in [0.25, 0.3) is 0 Å². The van der Waals surface area contributed by atoms with Gasteiger partial charge >= 0.3 is 0 Å². The first-order valence-electron chi connectivity index (χ1n) is 8.57. The largest absolute Gasteiger partial charge is 0.404 e. The van der Waals surface area contributed by atoms with Crippen molar-refractivity contribution in [2.45, 2.75) is 95.6 Å². The van der Waals surface area contributed by atoms with Crippen molar-refractivity contribution < 1.29 is 4.43 Å². The van der Waals surface area contributed by atoms with Gasteiger partial charge in [0.1, 0.15) is 5.72 Å². The Morgan fingerprint density at radius 1 is 1.00 bits per heavy atom. The predicted octanol–water partition coefficient (Wildman–Crippen LogP) is 6.44. The first-order chi connectivity index (χ1) is 10.8. The minimum atomic E-state index is -2.24. The molecule has 130 valence electrons. The van der Waals surface area contributed by atoms with Crippen LogP contribution in [0.1, 0.15) is 67.2 Å². The van der Waals surface area contributed by atoms with Crippen LogP contribution >= 0.6 is 0 Å². The lowest BCUT2D eigenvalue weighted by Crippen LogP contribution is -2.58. The van der Waals surface area contributed by atoms with Crippen LogP contribution in [0.4, 0.5) is 0 Å². The summed E-state index contributed by atoms with van der Waals surface area (Å²) in [6.07, 6.45) is 3.23. The Hall–Kier alpha value is -1.20. The zero-order chi connectivity index (χ0) is 17.7. The SMILES string of the molecule is CC(C)[Si](O[C@@]1(N=[N+]=[N-])CCCC[C@H]1N=[N+]=[N-])(C(C)C)C(C)C. The van der Waals surface area contributed by atoms with Gasteiger partial charge in [0.05, 0.1) is 6.04 Å². The van der Waals surface area contributed by atoms with E-state index in [1.54, 1.807) is 0 Å². The predicted molar refractivity (Wildman–Crippen MR) is 95.4 cm³/mol. The van der Waals surface area contributed by atoms with Crippen LogP contribution in [0.5, 0.6) is 0 Å². The Kier molecular flexibility index (Phi) is 6.95. The van der Waals surface area contributed by atoms with Gasteiger partial charge < -0.3 is 4.43 Å². The van der Waals surface area contributed by atoms with Gasteiger partial charge in [-0.1, -0.05) is 64.6 Å². The maximum atomic E-state index is 9.14. The van der Waals surface area contributed by atoms with Crippen LogP contribution in [0.3, 0.4) is 0 Å². The summed E-state index contributed by atoms with van der Waals surface area (Å²) in [5.41, 5.74) is 18.2. The van der Waals surface area contributed by atoms with Gasteiger partial charge in [0.15, 0.2) is 0 Å². The Bertz CT molecular complexity index is 474. The molecule has 0 saturated heterocycles. The zero-order valence-corrected chi connectivity index (χ0v) is 16.2. The zero-order valence-electron chi connectivity index (χ0n) is 15.2. The minimum Gasteiger partial charge on any atom is -0.404 e. The second-order valence-electron chi connectivity index (χ2n) is 7.42. The van der Waals surface area contributed by atoms with E-state index in [9.17, 15) is 0 Å². The summed E-state index contributed by atoms with van der Waals surface area (Å²) < 4.78 is 6.81. The van der Waals surface area contributed by atoms with Crippen LogP contribution in [0.25, 0.3) is 20.9 Å². The smallest absolute Gasteiger partial charge is 0.201 e. The highest BCUT2D eigenvalue weighted by Gasteiger charge is 2.53. The number of azide groups is 2. The summed E-state index contributed by atoms with van der Waals surface area (Å²) in [6, 6.07) is -0.416. The van der Waals surface area contributed by atoms with Crippen molar-refractivity contribution in [3.05, 3.63) is 20.9 Å². The third-order valence-electron chi connectivity index (χ3n) is 5.25. The Morgan fingerprint density at radius 3 is 2.00 bits per heavy atom. The van der Waals surface area contributed by atoms with Crippen LogP contribution in [0, 0.1) is 0 Å². The lowest BCUT2D eigenvalue weighted by atomic mass is 9.88. The number of hydrogen-bond donors (Lipinski definition) is 0. The van der Waals surface area contributed by atoms with E-state index in [2.05, 4.69) is 61.6 Å². The van der Waals surface area contributed by atoms with Crippen LogP contribution in [-0.4, -0.2) is 20.1 Å². The summed E-state index contributed by atoms with van der Waals surface area (Å²) in [4.78, 5) is 6.04. The molecular formula is C15H30N6OSi. The van der Waals surface area contributed by atoms with E-state index in [1.165, 1.54) is 0 Å². The van der Waals surface area contributed by atoms with Crippen LogP contribution in [0.15, 0.2) is 10.2 Å². The van der Waals surface area contributed by atoms with Gasteiger partial charge in [-0.15, -0.1) is 0 Å². The lowest BCUT2D eigenvalue weighted by Gasteiger charge is -2.50. The number of hydrogen-bond acceptors (Lipinski definition) is 3. The first-order valence-corrected chi connectivity index (χ1v) is 10.7. The average molecular weight is 339 g/mol. The fourth-order valence-corrected chi connectivity index (χ4v) is 9.91. The molecule has 0 radical (unpaired) electrons. The molecule has 0 bridgehead atoms. The molecule has 1 fully saturated rings. The standard InChI is InChI=1S/C15H30N6OSi/c1-11(2)23(12(3)4,13(5)6)22-15(19-21-17)10-8-7-9-14(15)18-20-16/h11-14H,7-10H2,1-6H3/t14-,15+/m1/s1. The molecule has 1 saturated carbocycles. The molecule has 1 rings (SSSR count). The van der Waals surface area contributed by atoms with Crippen molar-refractivity contribution >= 4 is 8.32 Å². The molecule has 7 nitrogen and oxygen atoms in total. The van der Waals surface area contributed by atoms with Crippen LogP contribution in [0.2, 0.25) is 16.6 Å². The minimum absolute atomic E-state index is 0.377. The second kappa shape index (κ2) is 8.06. The van der Waals surface area contributed by atoms with Gasteiger partial charge in [0, 0.05) is 9.82 Å². The highest BCUT2D eigenvalue weighted by molar-refractivity contribution is 6.77. The topological polar surface area (TPSA) is 107 Å². The van der Waals surface area contributed by atoms with Gasteiger partial charge in [-0.2, -0.15) is 0 Å². The molecule has 0 aromatic carbocycles. The molecule has 1 aliphatic rings. The molecule has 23 heavy (non-hydrogen) atoms. The maximum absolute atomic E-state index is 9.14. The summed E-state index contributed by atoms with van der Waals surface area (Å²) in [6.45, 7) is 13.2. The van der Waals surface area contributed by atoms with Crippen molar-refractivity contribution in [2.24, 2.45) is 10.2 Å². The number of nitrogens with zero attached hydrogens (tertiary/aromatic N) is 6. The third-order valence-corrected chi connectivity index (χ3v) is 11.4. The van der Waals surface area contributed by atoms with E-state index in [0.29, 0.717) is 29.5 Å². The Morgan fingerprint density at radius 2 is 1.57 bits per heavy atom. The Balaban J connectivity index is 3.42. The van der Waals surface area contributed by atoms with Gasteiger partial charge in [0.2, 0.25) is 8.32 Å². The molecule has 8 heteroatoms. The van der Waals surface area contributed by atoms with E-state index in [4.69, 9.17) is 15.5 Å². The van der Waals surface area contributed by atoms with Crippen LogP contribution in [-0.2, 0) is 4.43 Å².